The van der Waals surface area contributed by atoms with Crippen LogP contribution in [-0.2, 0) is 4.74 Å². The minimum atomic E-state index is 0.0335. The Morgan fingerprint density at radius 3 is 3.05 bits per heavy atom. The standard InChI is InChI=1S/C15H19NO2S2/c16-14(19)12-3-1-2-4-13(12)18-11-5-7-17-15(9-11)6-8-20-10-15/h1-4,11H,5-10H2,(H2,16,19). The second-order valence-electron chi connectivity index (χ2n) is 5.43. The van der Waals surface area contributed by atoms with Gasteiger partial charge in [0.25, 0.3) is 0 Å². The van der Waals surface area contributed by atoms with Crippen molar-refractivity contribution in [3.05, 3.63) is 29.8 Å². The molecule has 1 aromatic rings. The third-order valence-electron chi connectivity index (χ3n) is 3.96. The van der Waals surface area contributed by atoms with E-state index in [1.165, 1.54) is 5.75 Å². The summed E-state index contributed by atoms with van der Waals surface area (Å²) in [4.78, 5) is 0.388. The van der Waals surface area contributed by atoms with E-state index in [0.29, 0.717) is 4.99 Å². The second-order valence-corrected chi connectivity index (χ2v) is 6.97. The van der Waals surface area contributed by atoms with Gasteiger partial charge in [-0.05, 0) is 24.3 Å². The SMILES string of the molecule is NC(=S)c1ccccc1OC1CCOC2(CCSC2)C1. The average molecular weight is 309 g/mol. The van der Waals surface area contributed by atoms with Crippen molar-refractivity contribution in [1.82, 2.24) is 0 Å². The normalized spacial score (nSPS) is 29.5. The fourth-order valence-corrected chi connectivity index (χ4v) is 4.45. The first-order valence-corrected chi connectivity index (χ1v) is 8.52. The molecule has 1 spiro atoms. The lowest BCUT2D eigenvalue weighted by Crippen LogP contribution is -2.44. The molecule has 5 heteroatoms. The van der Waals surface area contributed by atoms with Crippen molar-refractivity contribution < 1.29 is 9.47 Å². The minimum Gasteiger partial charge on any atom is -0.489 e. The summed E-state index contributed by atoms with van der Waals surface area (Å²) in [7, 11) is 0. The summed E-state index contributed by atoms with van der Waals surface area (Å²) in [5.74, 6) is 3.08. The lowest BCUT2D eigenvalue weighted by Gasteiger charge is -2.37. The number of para-hydroxylation sites is 1. The fraction of sp³-hybridized carbons (Fsp3) is 0.533. The molecule has 2 atom stereocenters. The molecule has 2 saturated heterocycles. The first kappa shape index (κ1) is 14.2. The Morgan fingerprint density at radius 2 is 2.30 bits per heavy atom. The summed E-state index contributed by atoms with van der Waals surface area (Å²) in [6.45, 7) is 0.778. The Morgan fingerprint density at radius 1 is 1.45 bits per heavy atom. The molecule has 0 aliphatic carbocycles. The van der Waals surface area contributed by atoms with E-state index in [1.54, 1.807) is 0 Å². The Labute approximate surface area is 129 Å². The van der Waals surface area contributed by atoms with Crippen molar-refractivity contribution in [2.24, 2.45) is 5.73 Å². The maximum atomic E-state index is 6.18. The highest BCUT2D eigenvalue weighted by Crippen LogP contribution is 2.39. The number of ether oxygens (including phenoxy) is 2. The molecule has 108 valence electrons. The molecule has 2 heterocycles. The summed E-state index contributed by atoms with van der Waals surface area (Å²) in [5.41, 5.74) is 6.62. The zero-order valence-electron chi connectivity index (χ0n) is 11.3. The highest BCUT2D eigenvalue weighted by atomic mass is 32.2. The zero-order chi connectivity index (χ0) is 14.0. The van der Waals surface area contributed by atoms with Crippen LogP contribution < -0.4 is 10.5 Å². The molecule has 20 heavy (non-hydrogen) atoms. The van der Waals surface area contributed by atoms with E-state index < -0.39 is 0 Å². The van der Waals surface area contributed by atoms with Gasteiger partial charge in [-0.2, -0.15) is 11.8 Å². The van der Waals surface area contributed by atoms with Crippen molar-refractivity contribution in [3.8, 4) is 5.75 Å². The molecule has 2 aliphatic rings. The topological polar surface area (TPSA) is 44.5 Å². The molecule has 3 nitrogen and oxygen atoms in total. The van der Waals surface area contributed by atoms with Crippen LogP contribution in [0.15, 0.2) is 24.3 Å². The quantitative estimate of drug-likeness (QED) is 0.870. The highest BCUT2D eigenvalue weighted by molar-refractivity contribution is 7.99. The van der Waals surface area contributed by atoms with Crippen molar-refractivity contribution in [3.63, 3.8) is 0 Å². The van der Waals surface area contributed by atoms with Crippen LogP contribution in [0.1, 0.15) is 24.8 Å². The molecular formula is C15H19NO2S2. The van der Waals surface area contributed by atoms with Gasteiger partial charge in [0.05, 0.1) is 17.8 Å². The number of hydrogen-bond acceptors (Lipinski definition) is 4. The van der Waals surface area contributed by atoms with Gasteiger partial charge >= 0.3 is 0 Å². The summed E-state index contributed by atoms with van der Waals surface area (Å²) in [6, 6.07) is 7.75. The van der Waals surface area contributed by atoms with Crippen molar-refractivity contribution in [2.75, 3.05) is 18.1 Å². The van der Waals surface area contributed by atoms with Crippen LogP contribution in [0.2, 0.25) is 0 Å². The molecule has 0 aromatic heterocycles. The van der Waals surface area contributed by atoms with Crippen molar-refractivity contribution >= 4 is 29.0 Å². The van der Waals surface area contributed by atoms with Crippen LogP contribution >= 0.6 is 24.0 Å². The van der Waals surface area contributed by atoms with Crippen molar-refractivity contribution in [2.45, 2.75) is 31.0 Å². The summed E-state index contributed by atoms with van der Waals surface area (Å²) in [6.07, 6.45) is 3.22. The highest BCUT2D eigenvalue weighted by Gasteiger charge is 2.41. The molecule has 0 amide bonds. The van der Waals surface area contributed by atoms with Crippen LogP contribution in [-0.4, -0.2) is 34.8 Å². The number of rotatable bonds is 3. The zero-order valence-corrected chi connectivity index (χ0v) is 13.0. The van der Waals surface area contributed by atoms with Gasteiger partial charge < -0.3 is 15.2 Å². The van der Waals surface area contributed by atoms with Gasteiger partial charge in [-0.25, -0.2) is 0 Å². The van der Waals surface area contributed by atoms with Crippen LogP contribution in [0, 0.1) is 0 Å². The molecule has 0 radical (unpaired) electrons. The third kappa shape index (κ3) is 2.95. The van der Waals surface area contributed by atoms with Crippen LogP contribution in [0.5, 0.6) is 5.75 Å². The monoisotopic (exact) mass is 309 g/mol. The molecule has 2 N–H and O–H groups in total. The number of nitrogens with two attached hydrogens (primary N) is 1. The molecule has 2 unspecified atom stereocenters. The number of thiocarbonyl (C=S) groups is 1. The van der Waals surface area contributed by atoms with Gasteiger partial charge in [-0.1, -0.05) is 24.4 Å². The Kier molecular flexibility index (Phi) is 4.19. The molecular weight excluding hydrogens is 290 g/mol. The van der Waals surface area contributed by atoms with Crippen molar-refractivity contribution in [1.29, 1.82) is 0 Å². The van der Waals surface area contributed by atoms with E-state index in [2.05, 4.69) is 0 Å². The van der Waals surface area contributed by atoms with E-state index in [4.69, 9.17) is 27.4 Å². The largest absolute Gasteiger partial charge is 0.489 e. The molecule has 3 rings (SSSR count). The number of thioether (sulfide) groups is 1. The average Bonchev–Trinajstić information content (AvgIpc) is 2.87. The molecule has 0 saturated carbocycles. The summed E-state index contributed by atoms with van der Waals surface area (Å²) in [5, 5.41) is 0. The number of hydrogen-bond donors (Lipinski definition) is 1. The van der Waals surface area contributed by atoms with Gasteiger partial charge in [0, 0.05) is 18.6 Å². The maximum absolute atomic E-state index is 6.18. The lowest BCUT2D eigenvalue weighted by molar-refractivity contribution is -0.0959. The molecule has 1 aromatic carbocycles. The van der Waals surface area contributed by atoms with Gasteiger partial charge in [-0.15, -0.1) is 0 Å². The number of benzene rings is 1. The molecule has 2 fully saturated rings. The van der Waals surface area contributed by atoms with E-state index >= 15 is 0 Å². The van der Waals surface area contributed by atoms with Gasteiger partial charge in [0.1, 0.15) is 16.8 Å². The predicted octanol–water partition coefficient (Wildman–Crippen LogP) is 2.75. The predicted molar refractivity (Wildman–Crippen MR) is 86.6 cm³/mol. The first-order valence-electron chi connectivity index (χ1n) is 6.96. The van der Waals surface area contributed by atoms with E-state index in [9.17, 15) is 0 Å². The summed E-state index contributed by atoms with van der Waals surface area (Å²) >= 11 is 7.06. The fourth-order valence-electron chi connectivity index (χ4n) is 2.90. The van der Waals surface area contributed by atoms with Crippen LogP contribution in [0.25, 0.3) is 0 Å². The second kappa shape index (κ2) is 5.92. The van der Waals surface area contributed by atoms with E-state index in [1.807, 2.05) is 36.0 Å². The maximum Gasteiger partial charge on any atom is 0.129 e. The van der Waals surface area contributed by atoms with Crippen LogP contribution in [0.3, 0.4) is 0 Å². The van der Waals surface area contributed by atoms with Gasteiger partial charge in [0.2, 0.25) is 0 Å². The van der Waals surface area contributed by atoms with Gasteiger partial charge in [-0.3, -0.25) is 0 Å². The lowest BCUT2D eigenvalue weighted by atomic mass is 9.91. The molecule has 2 aliphatic heterocycles. The Bertz CT molecular complexity index is 500. The van der Waals surface area contributed by atoms with E-state index in [-0.39, 0.29) is 11.7 Å². The minimum absolute atomic E-state index is 0.0335. The first-order chi connectivity index (χ1) is 9.69. The van der Waals surface area contributed by atoms with E-state index in [0.717, 1.165) is 42.9 Å². The smallest absolute Gasteiger partial charge is 0.129 e. The van der Waals surface area contributed by atoms with Gasteiger partial charge in [0.15, 0.2) is 0 Å². The van der Waals surface area contributed by atoms with Crippen LogP contribution in [0.4, 0.5) is 0 Å². The Hall–Kier alpha value is -0.780. The Balaban J connectivity index is 1.73. The third-order valence-corrected chi connectivity index (χ3v) is 5.40. The summed E-state index contributed by atoms with van der Waals surface area (Å²) < 4.78 is 12.2. The molecule has 0 bridgehead atoms.